The van der Waals surface area contributed by atoms with Crippen LogP contribution in [0.25, 0.3) is 0 Å². The lowest BCUT2D eigenvalue weighted by Crippen LogP contribution is -2.11. The smallest absolute Gasteiger partial charge is 0.306 e. The zero-order valence-electron chi connectivity index (χ0n) is 19.5. The van der Waals surface area contributed by atoms with E-state index in [9.17, 15) is 9.59 Å². The van der Waals surface area contributed by atoms with Gasteiger partial charge in [-0.2, -0.15) is 0 Å². The summed E-state index contributed by atoms with van der Waals surface area (Å²) in [6.45, 7) is 9.73. The lowest BCUT2D eigenvalue weighted by Gasteiger charge is -2.06. The molecule has 0 aromatic heterocycles. The summed E-state index contributed by atoms with van der Waals surface area (Å²) in [4.78, 5) is 20.9. The third-order valence-corrected chi connectivity index (χ3v) is 4.34. The van der Waals surface area contributed by atoms with E-state index in [1.807, 2.05) is 13.8 Å². The van der Waals surface area contributed by atoms with Crippen molar-refractivity contribution in [2.24, 2.45) is 11.8 Å². The molecule has 0 aromatic carbocycles. The standard InChI is InChI=1S/2C8H16O2.C6H14O4/c2*1-3-5-6-7(4-2)8(9)10;7-1-3-9-5-6-10-4-2-8/h2*7H,3-6H2,1-2H3,(H,9,10);7-8H,1-6H2. The molecule has 2 atom stereocenters. The Morgan fingerprint density at radius 3 is 1.20 bits per heavy atom. The molecular weight excluding hydrogens is 392 g/mol. The predicted octanol–water partition coefficient (Wildman–Crippen LogP) is 3.58. The highest BCUT2D eigenvalue weighted by Crippen LogP contribution is 2.12. The molecule has 0 aliphatic carbocycles. The Labute approximate surface area is 182 Å². The van der Waals surface area contributed by atoms with Crippen LogP contribution in [0.1, 0.15) is 79.1 Å². The molecule has 2 unspecified atom stereocenters. The fourth-order valence-electron chi connectivity index (χ4n) is 2.36. The summed E-state index contributed by atoms with van der Waals surface area (Å²) < 4.78 is 9.75. The first kappa shape index (κ1) is 33.4. The molecule has 30 heavy (non-hydrogen) atoms. The minimum absolute atomic E-state index is 0.0417. The number of aliphatic hydroxyl groups excluding tert-OH is 2. The molecule has 0 spiro atoms. The van der Waals surface area contributed by atoms with Gasteiger partial charge < -0.3 is 29.9 Å². The Hall–Kier alpha value is -1.22. The third-order valence-electron chi connectivity index (χ3n) is 4.34. The van der Waals surface area contributed by atoms with E-state index in [2.05, 4.69) is 13.8 Å². The molecule has 0 amide bonds. The Bertz CT molecular complexity index is 329. The van der Waals surface area contributed by atoms with E-state index in [1.165, 1.54) is 0 Å². The van der Waals surface area contributed by atoms with Crippen LogP contribution in [0.15, 0.2) is 0 Å². The first-order chi connectivity index (χ1) is 14.4. The molecule has 182 valence electrons. The van der Waals surface area contributed by atoms with Gasteiger partial charge in [0.15, 0.2) is 0 Å². The minimum Gasteiger partial charge on any atom is -0.481 e. The van der Waals surface area contributed by atoms with Gasteiger partial charge in [0.1, 0.15) is 0 Å². The normalized spacial score (nSPS) is 12.1. The molecule has 0 aliphatic rings. The summed E-state index contributed by atoms with van der Waals surface area (Å²) in [7, 11) is 0. The van der Waals surface area contributed by atoms with Crippen LogP contribution in [0.2, 0.25) is 0 Å². The second kappa shape index (κ2) is 27.8. The van der Waals surface area contributed by atoms with Crippen LogP contribution < -0.4 is 0 Å². The number of carboxylic acids is 2. The van der Waals surface area contributed by atoms with Crippen molar-refractivity contribution in [3.63, 3.8) is 0 Å². The largest absolute Gasteiger partial charge is 0.481 e. The Kier molecular flexibility index (Phi) is 30.9. The molecule has 0 heterocycles. The van der Waals surface area contributed by atoms with Gasteiger partial charge in [-0.05, 0) is 25.7 Å². The molecular formula is C22H46O8. The fraction of sp³-hybridized carbons (Fsp3) is 0.909. The second-order valence-electron chi connectivity index (χ2n) is 6.84. The van der Waals surface area contributed by atoms with Crippen molar-refractivity contribution in [1.82, 2.24) is 0 Å². The van der Waals surface area contributed by atoms with Crippen molar-refractivity contribution in [3.05, 3.63) is 0 Å². The number of unbranched alkanes of at least 4 members (excludes halogenated alkanes) is 2. The predicted molar refractivity (Wildman–Crippen MR) is 118 cm³/mol. The zero-order chi connectivity index (χ0) is 23.6. The quantitative estimate of drug-likeness (QED) is 0.253. The molecule has 4 N–H and O–H groups in total. The number of hydrogen-bond donors (Lipinski definition) is 4. The van der Waals surface area contributed by atoms with Gasteiger partial charge in [-0.25, -0.2) is 0 Å². The van der Waals surface area contributed by atoms with Crippen molar-refractivity contribution < 1.29 is 39.5 Å². The highest BCUT2D eigenvalue weighted by atomic mass is 16.5. The molecule has 0 radical (unpaired) electrons. The van der Waals surface area contributed by atoms with Crippen molar-refractivity contribution in [2.75, 3.05) is 39.6 Å². The van der Waals surface area contributed by atoms with Gasteiger partial charge in [0.2, 0.25) is 0 Å². The van der Waals surface area contributed by atoms with Crippen LogP contribution in [-0.4, -0.2) is 72.0 Å². The van der Waals surface area contributed by atoms with Gasteiger partial charge in [-0.15, -0.1) is 0 Å². The van der Waals surface area contributed by atoms with E-state index in [-0.39, 0.29) is 25.0 Å². The number of ether oxygens (including phenoxy) is 2. The number of hydrogen-bond acceptors (Lipinski definition) is 6. The Morgan fingerprint density at radius 2 is 1.00 bits per heavy atom. The summed E-state index contributed by atoms with van der Waals surface area (Å²) >= 11 is 0. The maximum Gasteiger partial charge on any atom is 0.306 e. The van der Waals surface area contributed by atoms with Gasteiger partial charge in [0, 0.05) is 0 Å². The number of aliphatic hydroxyl groups is 2. The van der Waals surface area contributed by atoms with Gasteiger partial charge in [-0.3, -0.25) is 9.59 Å². The number of rotatable bonds is 17. The van der Waals surface area contributed by atoms with Crippen LogP contribution in [0.4, 0.5) is 0 Å². The average Bonchev–Trinajstić information content (AvgIpc) is 2.72. The molecule has 0 saturated heterocycles. The summed E-state index contributed by atoms with van der Waals surface area (Å²) in [6.07, 6.45) is 7.43. The third kappa shape index (κ3) is 26.8. The van der Waals surface area contributed by atoms with E-state index in [0.717, 1.165) is 51.4 Å². The van der Waals surface area contributed by atoms with Crippen LogP contribution in [0.3, 0.4) is 0 Å². The SMILES string of the molecule is CCCCC(CC)C(=O)O.CCCCC(CC)C(=O)O.OCCOCCOCCO. The van der Waals surface area contributed by atoms with Gasteiger partial charge in [-0.1, -0.05) is 53.4 Å². The highest BCUT2D eigenvalue weighted by molar-refractivity contribution is 5.70. The first-order valence-electron chi connectivity index (χ1n) is 11.2. The van der Waals surface area contributed by atoms with Gasteiger partial charge >= 0.3 is 11.9 Å². The van der Waals surface area contributed by atoms with Crippen molar-refractivity contribution in [1.29, 1.82) is 0 Å². The molecule has 0 aliphatic heterocycles. The monoisotopic (exact) mass is 438 g/mol. The topological polar surface area (TPSA) is 134 Å². The van der Waals surface area contributed by atoms with Crippen LogP contribution in [0, 0.1) is 11.8 Å². The maximum atomic E-state index is 10.4. The molecule has 0 bridgehead atoms. The molecule has 8 nitrogen and oxygen atoms in total. The van der Waals surface area contributed by atoms with Crippen LogP contribution in [0.5, 0.6) is 0 Å². The Morgan fingerprint density at radius 1 is 0.667 bits per heavy atom. The van der Waals surface area contributed by atoms with Crippen LogP contribution >= 0.6 is 0 Å². The molecule has 0 fully saturated rings. The van der Waals surface area contributed by atoms with E-state index in [4.69, 9.17) is 29.9 Å². The summed E-state index contributed by atoms with van der Waals surface area (Å²) in [5.74, 6) is -1.51. The fourth-order valence-corrected chi connectivity index (χ4v) is 2.36. The van der Waals surface area contributed by atoms with Crippen molar-refractivity contribution in [3.8, 4) is 0 Å². The summed E-state index contributed by atoms with van der Waals surface area (Å²) in [5.41, 5.74) is 0. The second-order valence-corrected chi connectivity index (χ2v) is 6.84. The zero-order valence-corrected chi connectivity index (χ0v) is 19.5. The van der Waals surface area contributed by atoms with E-state index in [0.29, 0.717) is 26.4 Å². The number of aliphatic carboxylic acids is 2. The maximum absolute atomic E-state index is 10.4. The minimum atomic E-state index is -0.643. The van der Waals surface area contributed by atoms with Crippen molar-refractivity contribution in [2.45, 2.75) is 79.1 Å². The van der Waals surface area contributed by atoms with Gasteiger partial charge in [0.25, 0.3) is 0 Å². The van der Waals surface area contributed by atoms with Crippen molar-refractivity contribution >= 4 is 11.9 Å². The highest BCUT2D eigenvalue weighted by Gasteiger charge is 2.13. The lowest BCUT2D eigenvalue weighted by atomic mass is 10.00. The molecule has 0 aromatic rings. The molecule has 0 rings (SSSR count). The van der Waals surface area contributed by atoms with E-state index < -0.39 is 11.9 Å². The average molecular weight is 439 g/mol. The number of carbonyl (C=O) groups is 2. The lowest BCUT2D eigenvalue weighted by molar-refractivity contribution is -0.143. The Balaban J connectivity index is -0.000000364. The summed E-state index contributed by atoms with van der Waals surface area (Å²) in [6, 6.07) is 0. The number of carboxylic acid groups (broad SMARTS) is 2. The van der Waals surface area contributed by atoms with E-state index in [1.54, 1.807) is 0 Å². The first-order valence-corrected chi connectivity index (χ1v) is 11.2. The van der Waals surface area contributed by atoms with E-state index >= 15 is 0 Å². The molecule has 8 heteroatoms. The molecule has 0 saturated carbocycles. The van der Waals surface area contributed by atoms with Gasteiger partial charge in [0.05, 0.1) is 51.5 Å². The van der Waals surface area contributed by atoms with Crippen LogP contribution in [-0.2, 0) is 19.1 Å². The summed E-state index contributed by atoms with van der Waals surface area (Å²) in [5, 5.41) is 33.7.